The van der Waals surface area contributed by atoms with Crippen LogP contribution in [0.1, 0.15) is 13.3 Å². The topological polar surface area (TPSA) is 61.1 Å². The van der Waals surface area contributed by atoms with Crippen LogP contribution in [0.5, 0.6) is 0 Å². The number of rotatable bonds is 4. The van der Waals surface area contributed by atoms with Gasteiger partial charge < -0.3 is 5.11 Å². The van der Waals surface area contributed by atoms with E-state index in [1.165, 1.54) is 6.08 Å². The molecule has 0 atom stereocenters. The van der Waals surface area contributed by atoms with Crippen LogP contribution in [0.4, 0.5) is 0 Å². The SMILES string of the molecule is C=C/C(=C\C=C(/C)C#N)CC(=O)O. The smallest absolute Gasteiger partial charge is 0.307 e. The predicted octanol–water partition coefficient (Wildman–Crippen LogP) is 2.04. The largest absolute Gasteiger partial charge is 0.481 e. The Morgan fingerprint density at radius 2 is 2.23 bits per heavy atom. The van der Waals surface area contributed by atoms with Crippen molar-refractivity contribution in [2.45, 2.75) is 13.3 Å². The quantitative estimate of drug-likeness (QED) is 0.528. The molecule has 0 aromatic heterocycles. The second-order valence-corrected chi connectivity index (χ2v) is 2.48. The van der Waals surface area contributed by atoms with Crippen molar-refractivity contribution in [2.75, 3.05) is 0 Å². The molecule has 0 radical (unpaired) electrons. The minimum Gasteiger partial charge on any atom is -0.481 e. The lowest BCUT2D eigenvalue weighted by atomic mass is 10.1. The van der Waals surface area contributed by atoms with Crippen LogP contribution in [0.2, 0.25) is 0 Å². The Labute approximate surface area is 77.3 Å². The number of nitrogens with zero attached hydrogens (tertiary/aromatic N) is 1. The summed E-state index contributed by atoms with van der Waals surface area (Å²) in [5, 5.41) is 16.9. The lowest BCUT2D eigenvalue weighted by Gasteiger charge is -1.93. The normalized spacial score (nSPS) is 12.0. The van der Waals surface area contributed by atoms with Gasteiger partial charge in [0.2, 0.25) is 0 Å². The van der Waals surface area contributed by atoms with Gasteiger partial charge in [0.05, 0.1) is 12.5 Å². The molecule has 0 spiro atoms. The van der Waals surface area contributed by atoms with Gasteiger partial charge in [0, 0.05) is 5.57 Å². The third-order valence-corrected chi connectivity index (χ3v) is 1.34. The molecule has 0 aliphatic carbocycles. The average molecular weight is 177 g/mol. The Bertz CT molecular complexity index is 305. The van der Waals surface area contributed by atoms with Crippen molar-refractivity contribution in [3.8, 4) is 6.07 Å². The molecule has 0 saturated carbocycles. The molecule has 0 aliphatic rings. The summed E-state index contributed by atoms with van der Waals surface area (Å²) in [5.41, 5.74) is 1.12. The first kappa shape index (κ1) is 11.2. The van der Waals surface area contributed by atoms with E-state index in [9.17, 15) is 4.79 Å². The van der Waals surface area contributed by atoms with E-state index in [0.717, 1.165) is 0 Å². The standard InChI is InChI=1S/C10H11NO2/c1-3-9(6-10(12)13)5-4-8(2)7-11/h3-5H,1,6H2,2H3,(H,12,13)/b8-4+,9-5+. The highest BCUT2D eigenvalue weighted by Gasteiger charge is 1.98. The van der Waals surface area contributed by atoms with Crippen LogP contribution in [0, 0.1) is 11.3 Å². The lowest BCUT2D eigenvalue weighted by Crippen LogP contribution is -1.94. The number of hydrogen-bond acceptors (Lipinski definition) is 2. The fourth-order valence-corrected chi connectivity index (χ4v) is 0.643. The molecule has 13 heavy (non-hydrogen) atoms. The maximum absolute atomic E-state index is 10.3. The number of allylic oxidation sites excluding steroid dienone is 4. The minimum absolute atomic E-state index is 0.0707. The first-order valence-corrected chi connectivity index (χ1v) is 3.72. The van der Waals surface area contributed by atoms with Crippen molar-refractivity contribution in [3.63, 3.8) is 0 Å². The summed E-state index contributed by atoms with van der Waals surface area (Å²) in [4.78, 5) is 10.3. The summed E-state index contributed by atoms with van der Waals surface area (Å²) >= 11 is 0. The third kappa shape index (κ3) is 5.45. The van der Waals surface area contributed by atoms with Crippen LogP contribution in [-0.4, -0.2) is 11.1 Å². The van der Waals surface area contributed by atoms with Gasteiger partial charge in [-0.15, -0.1) is 0 Å². The van der Waals surface area contributed by atoms with Crippen molar-refractivity contribution < 1.29 is 9.90 Å². The van der Waals surface area contributed by atoms with Crippen LogP contribution >= 0.6 is 0 Å². The summed E-state index contributed by atoms with van der Waals surface area (Å²) in [5.74, 6) is -0.908. The second-order valence-electron chi connectivity index (χ2n) is 2.48. The van der Waals surface area contributed by atoms with E-state index in [1.54, 1.807) is 19.1 Å². The molecule has 0 rings (SSSR count). The molecule has 0 heterocycles. The molecule has 0 aromatic rings. The van der Waals surface area contributed by atoms with E-state index in [0.29, 0.717) is 11.1 Å². The van der Waals surface area contributed by atoms with Crippen molar-refractivity contribution in [1.29, 1.82) is 5.26 Å². The molecule has 0 saturated heterocycles. The highest BCUT2D eigenvalue weighted by Crippen LogP contribution is 2.03. The Balaban J connectivity index is 4.50. The van der Waals surface area contributed by atoms with Crippen LogP contribution < -0.4 is 0 Å². The van der Waals surface area contributed by atoms with Crippen LogP contribution in [0.15, 0.2) is 36.0 Å². The lowest BCUT2D eigenvalue weighted by molar-refractivity contribution is -0.136. The summed E-state index contributed by atoms with van der Waals surface area (Å²) in [6.45, 7) is 5.12. The molecule has 3 nitrogen and oxygen atoms in total. The Hall–Kier alpha value is -1.82. The molecule has 68 valence electrons. The average Bonchev–Trinajstić information content (AvgIpc) is 2.10. The van der Waals surface area contributed by atoms with Crippen molar-refractivity contribution in [3.05, 3.63) is 36.0 Å². The van der Waals surface area contributed by atoms with E-state index >= 15 is 0 Å². The molecular formula is C10H11NO2. The molecule has 1 N–H and O–H groups in total. The summed E-state index contributed by atoms with van der Waals surface area (Å²) in [6.07, 6.45) is 4.55. The summed E-state index contributed by atoms with van der Waals surface area (Å²) in [6, 6.07) is 1.93. The van der Waals surface area contributed by atoms with Gasteiger partial charge in [-0.1, -0.05) is 18.7 Å². The van der Waals surface area contributed by atoms with Gasteiger partial charge in [-0.05, 0) is 18.6 Å². The van der Waals surface area contributed by atoms with E-state index < -0.39 is 5.97 Å². The first-order chi connectivity index (χ1) is 6.10. The highest BCUT2D eigenvalue weighted by atomic mass is 16.4. The summed E-state index contributed by atoms with van der Waals surface area (Å²) < 4.78 is 0. The molecule has 0 amide bonds. The zero-order valence-electron chi connectivity index (χ0n) is 7.45. The number of hydrogen-bond donors (Lipinski definition) is 1. The summed E-state index contributed by atoms with van der Waals surface area (Å²) in [7, 11) is 0. The Morgan fingerprint density at radius 1 is 1.62 bits per heavy atom. The molecule has 0 aromatic carbocycles. The molecule has 0 aliphatic heterocycles. The van der Waals surface area contributed by atoms with Gasteiger partial charge in [-0.25, -0.2) is 0 Å². The van der Waals surface area contributed by atoms with Crippen molar-refractivity contribution in [1.82, 2.24) is 0 Å². The van der Waals surface area contributed by atoms with Gasteiger partial charge in [-0.2, -0.15) is 5.26 Å². The maximum Gasteiger partial charge on any atom is 0.307 e. The maximum atomic E-state index is 10.3. The number of aliphatic carboxylic acids is 1. The van der Waals surface area contributed by atoms with Crippen LogP contribution in [-0.2, 0) is 4.79 Å². The molecule has 0 unspecified atom stereocenters. The number of carboxylic acid groups (broad SMARTS) is 1. The van der Waals surface area contributed by atoms with Gasteiger partial charge in [0.15, 0.2) is 0 Å². The van der Waals surface area contributed by atoms with Gasteiger partial charge in [0.1, 0.15) is 0 Å². The predicted molar refractivity (Wildman–Crippen MR) is 49.9 cm³/mol. The van der Waals surface area contributed by atoms with Gasteiger partial charge in [-0.3, -0.25) is 4.79 Å². The van der Waals surface area contributed by atoms with Crippen molar-refractivity contribution >= 4 is 5.97 Å². The first-order valence-electron chi connectivity index (χ1n) is 3.72. The van der Waals surface area contributed by atoms with E-state index in [1.807, 2.05) is 6.07 Å². The van der Waals surface area contributed by atoms with E-state index in [-0.39, 0.29) is 6.42 Å². The van der Waals surface area contributed by atoms with Gasteiger partial charge >= 0.3 is 5.97 Å². The molecule has 0 bridgehead atoms. The van der Waals surface area contributed by atoms with Crippen LogP contribution in [0.3, 0.4) is 0 Å². The van der Waals surface area contributed by atoms with Crippen molar-refractivity contribution in [2.24, 2.45) is 0 Å². The molecule has 3 heteroatoms. The fraction of sp³-hybridized carbons (Fsp3) is 0.200. The fourth-order valence-electron chi connectivity index (χ4n) is 0.643. The zero-order chi connectivity index (χ0) is 10.3. The second kappa shape index (κ2) is 5.78. The monoisotopic (exact) mass is 177 g/mol. The third-order valence-electron chi connectivity index (χ3n) is 1.34. The van der Waals surface area contributed by atoms with Gasteiger partial charge in [0.25, 0.3) is 0 Å². The Kier molecular flexibility index (Phi) is 4.97. The minimum atomic E-state index is -0.908. The van der Waals surface area contributed by atoms with E-state index in [4.69, 9.17) is 10.4 Å². The zero-order valence-corrected chi connectivity index (χ0v) is 7.45. The van der Waals surface area contributed by atoms with Crippen LogP contribution in [0.25, 0.3) is 0 Å². The van der Waals surface area contributed by atoms with E-state index in [2.05, 4.69) is 6.58 Å². The number of nitriles is 1. The number of carboxylic acids is 1. The Morgan fingerprint density at radius 3 is 2.62 bits per heavy atom. The highest BCUT2D eigenvalue weighted by molar-refractivity contribution is 5.71. The molecule has 0 fully saturated rings. The molecular weight excluding hydrogens is 166 g/mol. The number of carbonyl (C=O) groups is 1.